The van der Waals surface area contributed by atoms with E-state index in [1.54, 1.807) is 0 Å². The summed E-state index contributed by atoms with van der Waals surface area (Å²) in [5.74, 6) is 0. The molecule has 1 aliphatic rings. The zero-order valence-electron chi connectivity index (χ0n) is 9.39. The highest BCUT2D eigenvalue weighted by Gasteiger charge is 2.33. The minimum atomic E-state index is 0.569. The van der Waals surface area contributed by atoms with Crippen molar-refractivity contribution in [3.63, 3.8) is 0 Å². The van der Waals surface area contributed by atoms with Crippen molar-refractivity contribution < 1.29 is 0 Å². The maximum atomic E-state index is 3.60. The normalized spacial score (nSPS) is 33.2. The molecule has 0 radical (unpaired) electrons. The lowest BCUT2D eigenvalue weighted by Gasteiger charge is -2.40. The molecule has 0 heterocycles. The first-order valence-corrected chi connectivity index (χ1v) is 6.64. The Hall–Kier alpha value is 0.310. The van der Waals surface area contributed by atoms with Gasteiger partial charge in [0.05, 0.1) is 0 Å². The minimum Gasteiger partial charge on any atom is -0.313 e. The van der Waals surface area contributed by atoms with Gasteiger partial charge in [-0.05, 0) is 37.5 Å². The Labute approximate surface area is 87.1 Å². The second-order valence-corrected chi connectivity index (χ2v) is 5.92. The lowest BCUT2D eigenvalue weighted by molar-refractivity contribution is 0.215. The second kappa shape index (κ2) is 4.70. The third kappa shape index (κ3) is 3.17. The van der Waals surface area contributed by atoms with Crippen LogP contribution in [0.15, 0.2) is 0 Å². The molecule has 0 spiro atoms. The standard InChI is InChI=1S/C11H23NS/c1-5-12-9-6-7-11(2,3)8-10(9)13-4/h9-10,12H,5-8H2,1-4H3. The van der Waals surface area contributed by atoms with Crippen LogP contribution in [0, 0.1) is 5.41 Å². The first kappa shape index (κ1) is 11.4. The number of hydrogen-bond donors (Lipinski definition) is 1. The third-order valence-electron chi connectivity index (χ3n) is 3.10. The summed E-state index contributed by atoms with van der Waals surface area (Å²) in [5.41, 5.74) is 0.569. The topological polar surface area (TPSA) is 12.0 Å². The van der Waals surface area contributed by atoms with Crippen molar-refractivity contribution in [2.24, 2.45) is 5.41 Å². The number of thioether (sulfide) groups is 1. The molecule has 1 rings (SSSR count). The molecule has 0 aromatic heterocycles. The van der Waals surface area contributed by atoms with Crippen molar-refractivity contribution in [3.05, 3.63) is 0 Å². The van der Waals surface area contributed by atoms with Crippen molar-refractivity contribution >= 4 is 11.8 Å². The second-order valence-electron chi connectivity index (χ2n) is 4.85. The molecular formula is C11H23NS. The van der Waals surface area contributed by atoms with Gasteiger partial charge in [-0.25, -0.2) is 0 Å². The number of nitrogens with one attached hydrogen (secondary N) is 1. The Morgan fingerprint density at radius 3 is 2.69 bits per heavy atom. The zero-order chi connectivity index (χ0) is 9.90. The average Bonchev–Trinajstić information content (AvgIpc) is 2.08. The van der Waals surface area contributed by atoms with Gasteiger partial charge in [-0.15, -0.1) is 0 Å². The van der Waals surface area contributed by atoms with Crippen LogP contribution >= 0.6 is 11.8 Å². The van der Waals surface area contributed by atoms with E-state index in [1.165, 1.54) is 19.3 Å². The van der Waals surface area contributed by atoms with Gasteiger partial charge < -0.3 is 5.32 Å². The van der Waals surface area contributed by atoms with Gasteiger partial charge in [-0.2, -0.15) is 11.8 Å². The van der Waals surface area contributed by atoms with Crippen molar-refractivity contribution in [2.75, 3.05) is 12.8 Å². The van der Waals surface area contributed by atoms with E-state index in [9.17, 15) is 0 Å². The summed E-state index contributed by atoms with van der Waals surface area (Å²) in [4.78, 5) is 0. The van der Waals surface area contributed by atoms with Crippen LogP contribution in [-0.4, -0.2) is 24.1 Å². The fourth-order valence-electron chi connectivity index (χ4n) is 2.26. The summed E-state index contributed by atoms with van der Waals surface area (Å²) in [7, 11) is 0. The van der Waals surface area contributed by atoms with E-state index in [1.807, 2.05) is 11.8 Å². The highest BCUT2D eigenvalue weighted by atomic mass is 32.2. The Bertz CT molecular complexity index is 156. The highest BCUT2D eigenvalue weighted by Crippen LogP contribution is 2.39. The predicted octanol–water partition coefficient (Wildman–Crippen LogP) is 2.91. The molecule has 0 amide bonds. The van der Waals surface area contributed by atoms with E-state index in [-0.39, 0.29) is 0 Å². The van der Waals surface area contributed by atoms with Crippen LogP contribution in [0.1, 0.15) is 40.0 Å². The van der Waals surface area contributed by atoms with Crippen LogP contribution in [0.3, 0.4) is 0 Å². The summed E-state index contributed by atoms with van der Waals surface area (Å²) in [6.45, 7) is 8.12. The molecule has 0 aliphatic heterocycles. The van der Waals surface area contributed by atoms with Gasteiger partial charge >= 0.3 is 0 Å². The first-order chi connectivity index (χ1) is 6.09. The molecule has 2 atom stereocenters. The van der Waals surface area contributed by atoms with Gasteiger partial charge in [0.2, 0.25) is 0 Å². The molecule has 13 heavy (non-hydrogen) atoms. The fraction of sp³-hybridized carbons (Fsp3) is 1.00. The van der Waals surface area contributed by atoms with Crippen LogP contribution in [0.25, 0.3) is 0 Å². The van der Waals surface area contributed by atoms with Crippen LogP contribution < -0.4 is 5.32 Å². The van der Waals surface area contributed by atoms with Gasteiger partial charge in [0, 0.05) is 11.3 Å². The molecule has 1 aliphatic carbocycles. The number of hydrogen-bond acceptors (Lipinski definition) is 2. The van der Waals surface area contributed by atoms with Gasteiger partial charge in [0.1, 0.15) is 0 Å². The summed E-state index contributed by atoms with van der Waals surface area (Å²) in [6.07, 6.45) is 6.34. The van der Waals surface area contributed by atoms with Crippen molar-refractivity contribution in [2.45, 2.75) is 51.3 Å². The molecule has 78 valence electrons. The van der Waals surface area contributed by atoms with E-state index in [4.69, 9.17) is 0 Å². The Balaban J connectivity index is 2.50. The molecule has 2 unspecified atom stereocenters. The molecule has 0 aromatic carbocycles. The summed E-state index contributed by atoms with van der Waals surface area (Å²) >= 11 is 2.03. The van der Waals surface area contributed by atoms with Crippen molar-refractivity contribution in [1.29, 1.82) is 0 Å². The lowest BCUT2D eigenvalue weighted by atomic mass is 9.75. The lowest BCUT2D eigenvalue weighted by Crippen LogP contribution is -2.44. The van der Waals surface area contributed by atoms with Crippen molar-refractivity contribution in [1.82, 2.24) is 5.32 Å². The monoisotopic (exact) mass is 201 g/mol. The molecule has 0 bridgehead atoms. The minimum absolute atomic E-state index is 0.569. The summed E-state index contributed by atoms with van der Waals surface area (Å²) < 4.78 is 0. The summed E-state index contributed by atoms with van der Waals surface area (Å²) in [5, 5.41) is 4.43. The van der Waals surface area contributed by atoms with E-state index >= 15 is 0 Å². The van der Waals surface area contributed by atoms with Crippen molar-refractivity contribution in [3.8, 4) is 0 Å². The first-order valence-electron chi connectivity index (χ1n) is 5.35. The highest BCUT2D eigenvalue weighted by molar-refractivity contribution is 7.99. The Kier molecular flexibility index (Phi) is 4.11. The van der Waals surface area contributed by atoms with Gasteiger partial charge in [-0.1, -0.05) is 20.8 Å². The maximum absolute atomic E-state index is 3.60. The van der Waals surface area contributed by atoms with E-state index in [2.05, 4.69) is 32.3 Å². The quantitative estimate of drug-likeness (QED) is 0.753. The smallest absolute Gasteiger partial charge is 0.0203 e. The molecule has 0 aromatic rings. The molecule has 0 saturated heterocycles. The van der Waals surface area contributed by atoms with Gasteiger partial charge in [0.25, 0.3) is 0 Å². The number of rotatable bonds is 3. The third-order valence-corrected chi connectivity index (χ3v) is 4.20. The zero-order valence-corrected chi connectivity index (χ0v) is 10.2. The van der Waals surface area contributed by atoms with Gasteiger partial charge in [-0.3, -0.25) is 0 Å². The molecule has 1 nitrogen and oxygen atoms in total. The fourth-order valence-corrected chi connectivity index (χ4v) is 3.44. The summed E-state index contributed by atoms with van der Waals surface area (Å²) in [6, 6.07) is 0.757. The predicted molar refractivity (Wildman–Crippen MR) is 62.4 cm³/mol. The van der Waals surface area contributed by atoms with Gasteiger partial charge in [0.15, 0.2) is 0 Å². The van der Waals surface area contributed by atoms with Crippen LogP contribution in [0.5, 0.6) is 0 Å². The molecule has 1 fully saturated rings. The molecule has 1 saturated carbocycles. The van der Waals surface area contributed by atoms with E-state index in [0.29, 0.717) is 5.41 Å². The maximum Gasteiger partial charge on any atom is 0.0203 e. The van der Waals surface area contributed by atoms with E-state index in [0.717, 1.165) is 17.8 Å². The van der Waals surface area contributed by atoms with Crippen LogP contribution in [0.2, 0.25) is 0 Å². The molecule has 1 N–H and O–H groups in total. The van der Waals surface area contributed by atoms with Crippen LogP contribution in [-0.2, 0) is 0 Å². The molecule has 2 heteroatoms. The Morgan fingerprint density at radius 2 is 2.15 bits per heavy atom. The largest absolute Gasteiger partial charge is 0.313 e. The van der Waals surface area contributed by atoms with Crippen LogP contribution in [0.4, 0.5) is 0 Å². The Morgan fingerprint density at radius 1 is 1.46 bits per heavy atom. The SMILES string of the molecule is CCNC1CCC(C)(C)CC1SC. The average molecular weight is 201 g/mol. The van der Waals surface area contributed by atoms with E-state index < -0.39 is 0 Å². The molecular weight excluding hydrogens is 178 g/mol.